The van der Waals surface area contributed by atoms with Crippen LogP contribution < -0.4 is 0 Å². The van der Waals surface area contributed by atoms with E-state index in [1.54, 1.807) is 6.07 Å². The molecule has 0 unspecified atom stereocenters. The molecule has 1 spiro atoms. The van der Waals surface area contributed by atoms with Gasteiger partial charge in [-0.25, -0.2) is 14.8 Å². The van der Waals surface area contributed by atoms with Gasteiger partial charge < -0.3 is 19.3 Å². The van der Waals surface area contributed by atoms with E-state index in [0.29, 0.717) is 32.0 Å². The molecule has 1 amide bonds. The molecule has 196 valence electrons. The lowest BCUT2D eigenvalue weighted by Gasteiger charge is -2.46. The predicted molar refractivity (Wildman–Crippen MR) is 128 cm³/mol. The van der Waals surface area contributed by atoms with Crippen LogP contribution in [0.25, 0.3) is 11.3 Å². The van der Waals surface area contributed by atoms with Gasteiger partial charge in [0.15, 0.2) is 0 Å². The fourth-order valence-corrected chi connectivity index (χ4v) is 4.66. The SMILES string of the molecule is Cc1ccc(-c2cnc3n2C2(CCN(C(=O)c4cccc(C)n4)CC2)COC3)cc1.O=C(O)C(F)(F)F. The van der Waals surface area contributed by atoms with Crippen LogP contribution in [0.1, 0.15) is 40.4 Å². The van der Waals surface area contributed by atoms with Crippen molar-refractivity contribution in [1.82, 2.24) is 19.4 Å². The zero-order valence-electron chi connectivity index (χ0n) is 20.5. The van der Waals surface area contributed by atoms with E-state index in [9.17, 15) is 18.0 Å². The number of hydrogen-bond donors (Lipinski definition) is 1. The number of halogens is 3. The molecule has 11 heteroatoms. The molecular formula is C26H27F3N4O4. The second kappa shape index (κ2) is 10.3. The quantitative estimate of drug-likeness (QED) is 0.544. The number of imidazole rings is 1. The maximum absolute atomic E-state index is 13.0. The average Bonchev–Trinajstić information content (AvgIpc) is 3.30. The van der Waals surface area contributed by atoms with Crippen molar-refractivity contribution in [2.75, 3.05) is 19.7 Å². The Morgan fingerprint density at radius 2 is 1.70 bits per heavy atom. The number of benzene rings is 1. The van der Waals surface area contributed by atoms with E-state index in [4.69, 9.17) is 14.6 Å². The number of likely N-dealkylation sites (tertiary alicyclic amines) is 1. The van der Waals surface area contributed by atoms with E-state index < -0.39 is 12.1 Å². The van der Waals surface area contributed by atoms with Gasteiger partial charge in [-0.05, 0) is 44.4 Å². The highest BCUT2D eigenvalue weighted by molar-refractivity contribution is 5.92. The van der Waals surface area contributed by atoms with Crippen LogP contribution in [0.15, 0.2) is 48.7 Å². The van der Waals surface area contributed by atoms with E-state index in [0.717, 1.165) is 30.1 Å². The van der Waals surface area contributed by atoms with Gasteiger partial charge in [-0.3, -0.25) is 4.79 Å². The number of ether oxygens (including phenoxy) is 1. The molecule has 4 heterocycles. The number of carboxylic acid groups (broad SMARTS) is 1. The third kappa shape index (κ3) is 5.66. The highest BCUT2D eigenvalue weighted by Gasteiger charge is 2.43. The number of carbonyl (C=O) groups is 2. The molecule has 1 saturated heterocycles. The van der Waals surface area contributed by atoms with Gasteiger partial charge in [0.1, 0.15) is 18.1 Å². The van der Waals surface area contributed by atoms with Gasteiger partial charge in [0, 0.05) is 18.8 Å². The molecule has 0 radical (unpaired) electrons. The van der Waals surface area contributed by atoms with Gasteiger partial charge in [0.25, 0.3) is 5.91 Å². The van der Waals surface area contributed by atoms with Crippen molar-refractivity contribution in [2.24, 2.45) is 0 Å². The molecular weight excluding hydrogens is 489 g/mol. The number of carbonyl (C=O) groups excluding carboxylic acids is 1. The standard InChI is InChI=1S/C24H26N4O2.C2HF3O2/c1-17-6-8-19(9-7-17)21-14-25-22-15-30-16-24(28(21)22)10-12-27(13-11-24)23(29)20-5-3-4-18(2)26-20;3-2(4,5)1(6)7/h3-9,14H,10-13,15-16H2,1-2H3;(H,6,7). The van der Waals surface area contributed by atoms with Gasteiger partial charge in [-0.1, -0.05) is 35.9 Å². The molecule has 2 aromatic heterocycles. The Bertz CT molecular complexity index is 1280. The molecule has 1 aromatic carbocycles. The van der Waals surface area contributed by atoms with Crippen molar-refractivity contribution in [2.45, 2.75) is 45.0 Å². The molecule has 2 aliphatic rings. The van der Waals surface area contributed by atoms with Crippen LogP contribution in [0, 0.1) is 13.8 Å². The molecule has 0 bridgehead atoms. The Hall–Kier alpha value is -3.73. The first kappa shape index (κ1) is 26.3. The predicted octanol–water partition coefficient (Wildman–Crippen LogP) is 4.36. The lowest BCUT2D eigenvalue weighted by Crippen LogP contribution is -2.52. The van der Waals surface area contributed by atoms with E-state index in [-0.39, 0.29) is 11.4 Å². The Balaban J connectivity index is 0.000000405. The molecule has 0 aliphatic carbocycles. The summed E-state index contributed by atoms with van der Waals surface area (Å²) in [4.78, 5) is 32.8. The van der Waals surface area contributed by atoms with Gasteiger partial charge in [-0.2, -0.15) is 13.2 Å². The van der Waals surface area contributed by atoms with Crippen LogP contribution >= 0.6 is 0 Å². The van der Waals surface area contributed by atoms with Crippen LogP contribution in [0.5, 0.6) is 0 Å². The van der Waals surface area contributed by atoms with E-state index in [1.165, 1.54) is 11.1 Å². The summed E-state index contributed by atoms with van der Waals surface area (Å²) >= 11 is 0. The molecule has 8 nitrogen and oxygen atoms in total. The first-order valence-electron chi connectivity index (χ1n) is 11.8. The summed E-state index contributed by atoms with van der Waals surface area (Å²) in [6.45, 7) is 6.56. The minimum Gasteiger partial charge on any atom is -0.475 e. The summed E-state index contributed by atoms with van der Waals surface area (Å²) in [7, 11) is 0. The van der Waals surface area contributed by atoms with Crippen LogP contribution in [0.3, 0.4) is 0 Å². The minimum atomic E-state index is -5.08. The third-order valence-electron chi connectivity index (χ3n) is 6.59. The monoisotopic (exact) mass is 516 g/mol. The van der Waals surface area contributed by atoms with E-state index >= 15 is 0 Å². The summed E-state index contributed by atoms with van der Waals surface area (Å²) in [6, 6.07) is 14.2. The molecule has 3 aromatic rings. The lowest BCUT2D eigenvalue weighted by molar-refractivity contribution is -0.192. The summed E-state index contributed by atoms with van der Waals surface area (Å²) in [5.74, 6) is -1.78. The minimum absolute atomic E-state index is 0.00916. The van der Waals surface area contributed by atoms with Crippen molar-refractivity contribution < 1.29 is 32.6 Å². The fourth-order valence-electron chi connectivity index (χ4n) is 4.66. The zero-order chi connectivity index (χ0) is 26.8. The number of fused-ring (bicyclic) bond motifs is 2. The number of aryl methyl sites for hydroxylation is 2. The summed E-state index contributed by atoms with van der Waals surface area (Å²) in [5.41, 5.74) is 4.76. The summed E-state index contributed by atoms with van der Waals surface area (Å²) in [6.07, 6.45) is -1.44. The number of alkyl halides is 3. The second-order valence-electron chi connectivity index (χ2n) is 9.24. The highest BCUT2D eigenvalue weighted by Crippen LogP contribution is 2.39. The van der Waals surface area contributed by atoms with E-state index in [1.807, 2.05) is 30.2 Å². The zero-order valence-corrected chi connectivity index (χ0v) is 20.5. The molecule has 5 rings (SSSR count). The number of hydrogen-bond acceptors (Lipinski definition) is 5. The van der Waals surface area contributed by atoms with Crippen LogP contribution in [0.2, 0.25) is 0 Å². The molecule has 0 saturated carbocycles. The number of carboxylic acids is 1. The number of aliphatic carboxylic acids is 1. The van der Waals surface area contributed by atoms with Gasteiger partial charge in [0.05, 0.1) is 24.0 Å². The smallest absolute Gasteiger partial charge is 0.475 e. The molecule has 1 N–H and O–H groups in total. The first-order chi connectivity index (χ1) is 17.5. The number of nitrogens with zero attached hydrogens (tertiary/aromatic N) is 4. The Kier molecular flexibility index (Phi) is 7.35. The second-order valence-corrected chi connectivity index (χ2v) is 9.24. The fraction of sp³-hybridized carbons (Fsp3) is 0.385. The Morgan fingerprint density at radius 1 is 1.05 bits per heavy atom. The van der Waals surface area contributed by atoms with Gasteiger partial charge >= 0.3 is 12.1 Å². The summed E-state index contributed by atoms with van der Waals surface area (Å²) in [5, 5.41) is 7.12. The molecule has 2 aliphatic heterocycles. The maximum Gasteiger partial charge on any atom is 0.490 e. The average molecular weight is 517 g/mol. The van der Waals surface area contributed by atoms with Crippen LogP contribution in [-0.2, 0) is 21.7 Å². The van der Waals surface area contributed by atoms with Crippen LogP contribution in [-0.4, -0.2) is 62.3 Å². The Morgan fingerprint density at radius 3 is 2.30 bits per heavy atom. The number of piperidine rings is 1. The van der Waals surface area contributed by atoms with Crippen molar-refractivity contribution in [1.29, 1.82) is 0 Å². The van der Waals surface area contributed by atoms with Crippen molar-refractivity contribution >= 4 is 11.9 Å². The molecule has 1 fully saturated rings. The number of pyridine rings is 1. The van der Waals surface area contributed by atoms with Gasteiger partial charge in [0.2, 0.25) is 0 Å². The number of aromatic nitrogens is 3. The van der Waals surface area contributed by atoms with Crippen LogP contribution in [0.4, 0.5) is 13.2 Å². The topological polar surface area (TPSA) is 97.5 Å². The number of amides is 1. The lowest BCUT2D eigenvalue weighted by atomic mass is 9.86. The molecule has 37 heavy (non-hydrogen) atoms. The maximum atomic E-state index is 13.0. The molecule has 0 atom stereocenters. The number of rotatable bonds is 2. The van der Waals surface area contributed by atoms with Gasteiger partial charge in [-0.15, -0.1) is 0 Å². The Labute approximate surface area is 211 Å². The van der Waals surface area contributed by atoms with Crippen molar-refractivity contribution in [3.05, 3.63) is 71.4 Å². The van der Waals surface area contributed by atoms with Crippen molar-refractivity contribution in [3.63, 3.8) is 0 Å². The van der Waals surface area contributed by atoms with E-state index in [2.05, 4.69) is 45.7 Å². The third-order valence-corrected chi connectivity index (χ3v) is 6.59. The first-order valence-corrected chi connectivity index (χ1v) is 11.8. The highest BCUT2D eigenvalue weighted by atomic mass is 19.4. The summed E-state index contributed by atoms with van der Waals surface area (Å²) < 4.78 is 40.1. The van der Waals surface area contributed by atoms with Crippen molar-refractivity contribution in [3.8, 4) is 11.3 Å². The normalized spacial score (nSPS) is 16.5. The largest absolute Gasteiger partial charge is 0.490 e.